The van der Waals surface area contributed by atoms with Crippen LogP contribution in [-0.2, 0) is 38.1 Å². The molecular weight excluding hydrogens is 1330 g/mol. The van der Waals surface area contributed by atoms with E-state index in [2.05, 4.69) is 38.1 Å². The predicted octanol–water partition coefficient (Wildman–Crippen LogP) is 20.4. The summed E-state index contributed by atoms with van der Waals surface area (Å²) >= 11 is 0. The normalized spacial score (nSPS) is 15.6. The summed E-state index contributed by atoms with van der Waals surface area (Å²) in [7, 11) is 0. The number of ether oxygens (including phenoxy) is 10. The maximum atomic E-state index is 12.9. The molecule has 0 amide bonds. The van der Waals surface area contributed by atoms with E-state index >= 15 is 0 Å². The third-order valence-electron chi connectivity index (χ3n) is 19.9. The smallest absolute Gasteiger partial charge is 0.343 e. The van der Waals surface area contributed by atoms with Crippen LogP contribution in [0.4, 0.5) is 0 Å². The second-order valence-corrected chi connectivity index (χ2v) is 28.3. The number of carbonyl (C=O) groups excluding carboxylic acids is 6. The molecule has 0 spiro atoms. The first kappa shape index (κ1) is 83.9. The van der Waals surface area contributed by atoms with Crippen LogP contribution in [0.1, 0.15) is 299 Å². The van der Waals surface area contributed by atoms with Gasteiger partial charge in [-0.1, -0.05) is 89.5 Å². The van der Waals surface area contributed by atoms with Crippen molar-refractivity contribution < 1.29 is 86.0 Å². The molecule has 0 atom stereocenters. The van der Waals surface area contributed by atoms with E-state index in [0.29, 0.717) is 117 Å². The molecule has 0 unspecified atom stereocenters. The number of carboxylic acids is 1. The Morgan fingerprint density at radius 2 is 0.629 bits per heavy atom. The lowest BCUT2D eigenvalue weighted by Crippen LogP contribution is -2.13. The number of aromatic carboxylic acids is 1. The highest BCUT2D eigenvalue weighted by Crippen LogP contribution is 2.40. The Morgan fingerprint density at radius 1 is 0.324 bits per heavy atom. The Labute approximate surface area is 624 Å². The molecule has 2 aliphatic carbocycles. The Kier molecular flexibility index (Phi) is 40.1. The van der Waals surface area contributed by atoms with Gasteiger partial charge in [0, 0.05) is 0 Å². The summed E-state index contributed by atoms with van der Waals surface area (Å²) in [5.74, 6) is 2.28. The van der Waals surface area contributed by atoms with Crippen LogP contribution in [0.25, 0.3) is 0 Å². The molecule has 2 saturated carbocycles. The minimum absolute atomic E-state index is 0.00235. The van der Waals surface area contributed by atoms with Gasteiger partial charge in [0.1, 0.15) is 40.1 Å². The molecule has 2 fully saturated rings. The topological polar surface area (TPSA) is 232 Å². The van der Waals surface area contributed by atoms with Crippen LogP contribution >= 0.6 is 0 Å². The lowest BCUT2D eigenvalue weighted by Gasteiger charge is -2.29. The van der Waals surface area contributed by atoms with Gasteiger partial charge in [0.05, 0.1) is 89.7 Å². The molecule has 0 saturated heterocycles. The Bertz CT molecular complexity index is 3290. The number of hydrogen-bond donors (Lipinski definition) is 1. The van der Waals surface area contributed by atoms with Crippen molar-refractivity contribution in [1.29, 1.82) is 0 Å². The number of unbranched alkanes of at least 4 members (excludes halogenated alkanes) is 16. The zero-order valence-electron chi connectivity index (χ0n) is 62.8. The molecule has 18 nitrogen and oxygen atoms in total. The quantitative estimate of drug-likeness (QED) is 0.0165. The van der Waals surface area contributed by atoms with E-state index in [1.807, 2.05) is 24.3 Å². The first-order valence-corrected chi connectivity index (χ1v) is 39.7. The van der Waals surface area contributed by atoms with Gasteiger partial charge in [-0.3, -0.25) is 19.2 Å². The molecule has 7 rings (SSSR count). The van der Waals surface area contributed by atoms with E-state index in [9.17, 15) is 38.7 Å². The van der Waals surface area contributed by atoms with Gasteiger partial charge in [-0.25, -0.2) is 14.4 Å². The first-order chi connectivity index (χ1) is 51.3. The molecule has 5 aromatic carbocycles. The number of esters is 6. The van der Waals surface area contributed by atoms with Gasteiger partial charge in [0.15, 0.2) is 0 Å². The van der Waals surface area contributed by atoms with E-state index in [4.69, 9.17) is 47.4 Å². The van der Waals surface area contributed by atoms with Crippen LogP contribution in [0.15, 0.2) is 115 Å². The molecule has 5 aromatic rings. The van der Waals surface area contributed by atoms with E-state index in [1.54, 1.807) is 60.7 Å². The standard InChI is InChI=1S/C87H118O18/c1-3-5-15-25-66-27-31-68(32-28-66)70-35-47-76(48-36-70)104-86(94)72-39-43-74(44-40-72)96-57-17-7-11-21-61-100-81(88)53-54-83(90)102-63-23-13-9-19-59-98-78-51-52-80(79(65-78)85(92)93)99-60-20-10-14-24-64-103-84(91)56-55-82(89)101-62-22-12-8-18-58-97-75-45-41-73(42-46-75)87(95)105-77-49-37-71(38-50-77)69-33-29-67(30-34-69)26-16-6-4-2/h35-52,65-69H,3-34,53-64H2,1-2H3,(H,92,93). The second kappa shape index (κ2) is 50.2. The van der Waals surface area contributed by atoms with Crippen molar-refractivity contribution in [2.24, 2.45) is 11.8 Å². The molecule has 0 aliphatic heterocycles. The Morgan fingerprint density at radius 3 is 0.962 bits per heavy atom. The van der Waals surface area contributed by atoms with Crippen molar-refractivity contribution in [3.05, 3.63) is 143 Å². The highest BCUT2D eigenvalue weighted by atomic mass is 16.6. The third-order valence-corrected chi connectivity index (χ3v) is 19.9. The fraction of sp³-hybridized carbons (Fsp3) is 0.575. The summed E-state index contributed by atoms with van der Waals surface area (Å²) in [5, 5.41) is 9.86. The fourth-order valence-electron chi connectivity index (χ4n) is 13.6. The van der Waals surface area contributed by atoms with Gasteiger partial charge in [0.25, 0.3) is 0 Å². The summed E-state index contributed by atoms with van der Waals surface area (Å²) < 4.78 is 56.0. The zero-order valence-corrected chi connectivity index (χ0v) is 62.8. The van der Waals surface area contributed by atoms with Crippen molar-refractivity contribution in [2.45, 2.75) is 257 Å². The molecule has 0 radical (unpaired) electrons. The van der Waals surface area contributed by atoms with Gasteiger partial charge in [-0.05, 0) is 280 Å². The van der Waals surface area contributed by atoms with Crippen LogP contribution in [0.3, 0.4) is 0 Å². The molecule has 0 aromatic heterocycles. The Hall–Kier alpha value is -8.41. The van der Waals surface area contributed by atoms with Crippen LogP contribution in [0, 0.1) is 11.8 Å². The molecule has 2 aliphatic rings. The van der Waals surface area contributed by atoms with Crippen molar-refractivity contribution in [3.63, 3.8) is 0 Å². The monoisotopic (exact) mass is 1450 g/mol. The minimum atomic E-state index is -1.13. The SMILES string of the molecule is CCCCCC1CCC(c2ccc(OC(=O)c3ccc(OCCCCCCOC(=O)CCC(=O)OCCCCCCOc4ccc(OCCCCCCOC(=O)CCC(=O)OCCCCCCOc5ccc(C(=O)Oc6ccc(C7CCC(CCCCC)CC7)cc6)cc5)c(C(=O)O)c4)cc3)cc2)CC1. The molecule has 1 N–H and O–H groups in total. The molecule has 0 bridgehead atoms. The lowest BCUT2D eigenvalue weighted by molar-refractivity contribution is -0.150. The number of benzene rings is 5. The largest absolute Gasteiger partial charge is 0.494 e. The van der Waals surface area contributed by atoms with Crippen LogP contribution < -0.4 is 28.4 Å². The van der Waals surface area contributed by atoms with Gasteiger partial charge in [-0.15, -0.1) is 0 Å². The van der Waals surface area contributed by atoms with Gasteiger partial charge in [-0.2, -0.15) is 0 Å². The molecule has 0 heterocycles. The maximum absolute atomic E-state index is 12.9. The summed E-state index contributed by atoms with van der Waals surface area (Å²) in [6.07, 6.45) is 33.0. The maximum Gasteiger partial charge on any atom is 0.343 e. The van der Waals surface area contributed by atoms with Gasteiger partial charge >= 0.3 is 41.8 Å². The zero-order chi connectivity index (χ0) is 74.3. The number of carbonyl (C=O) groups is 7. The number of rotatable bonds is 53. The van der Waals surface area contributed by atoms with Gasteiger partial charge < -0.3 is 52.5 Å². The van der Waals surface area contributed by atoms with Crippen LogP contribution in [-0.4, -0.2) is 99.7 Å². The van der Waals surface area contributed by atoms with E-state index < -0.39 is 41.8 Å². The lowest BCUT2D eigenvalue weighted by atomic mass is 9.77. The number of hydrogen-bond acceptors (Lipinski definition) is 17. The van der Waals surface area contributed by atoms with Crippen LogP contribution in [0.2, 0.25) is 0 Å². The van der Waals surface area contributed by atoms with Crippen molar-refractivity contribution in [1.82, 2.24) is 0 Å². The van der Waals surface area contributed by atoms with E-state index in [1.165, 1.54) is 120 Å². The summed E-state index contributed by atoms with van der Waals surface area (Å²) in [6, 6.07) is 34.7. The summed E-state index contributed by atoms with van der Waals surface area (Å²) in [5.41, 5.74) is 3.56. The Balaban J connectivity index is 0.593. The minimum Gasteiger partial charge on any atom is -0.494 e. The van der Waals surface area contributed by atoms with Crippen molar-refractivity contribution in [2.75, 3.05) is 52.9 Å². The fourth-order valence-corrected chi connectivity index (χ4v) is 13.6. The first-order valence-electron chi connectivity index (χ1n) is 39.7. The summed E-state index contributed by atoms with van der Waals surface area (Å²) in [4.78, 5) is 86.7. The van der Waals surface area contributed by atoms with Crippen LogP contribution in [0.5, 0.6) is 34.5 Å². The predicted molar refractivity (Wildman–Crippen MR) is 405 cm³/mol. The average Bonchev–Trinajstić information content (AvgIpc) is 0.859. The van der Waals surface area contributed by atoms with Crippen molar-refractivity contribution in [3.8, 4) is 34.5 Å². The average molecular weight is 1450 g/mol. The summed E-state index contributed by atoms with van der Waals surface area (Å²) in [6.45, 7) is 7.28. The molecule has 105 heavy (non-hydrogen) atoms. The number of carboxylic acid groups (broad SMARTS) is 1. The molecular formula is C87H118O18. The van der Waals surface area contributed by atoms with Gasteiger partial charge in [0.2, 0.25) is 0 Å². The van der Waals surface area contributed by atoms with Crippen molar-refractivity contribution >= 4 is 41.8 Å². The van der Waals surface area contributed by atoms with E-state index in [0.717, 1.165) is 76.0 Å². The third kappa shape index (κ3) is 34.1. The van der Waals surface area contributed by atoms with E-state index in [-0.39, 0.29) is 63.4 Å². The second-order valence-electron chi connectivity index (χ2n) is 28.3. The molecule has 574 valence electrons. The molecule has 18 heteroatoms. The highest BCUT2D eigenvalue weighted by molar-refractivity contribution is 5.92. The highest BCUT2D eigenvalue weighted by Gasteiger charge is 2.25.